The molecular formula is C11H17NO2. The van der Waals surface area contributed by atoms with E-state index >= 15 is 0 Å². The van der Waals surface area contributed by atoms with Crippen molar-refractivity contribution in [2.75, 3.05) is 6.61 Å². The normalized spacial score (nSPS) is 53.0. The summed E-state index contributed by atoms with van der Waals surface area (Å²) in [6, 6.07) is 1.22. The van der Waals surface area contributed by atoms with E-state index in [2.05, 4.69) is 12.2 Å². The molecule has 0 aromatic rings. The summed E-state index contributed by atoms with van der Waals surface area (Å²) in [4.78, 5) is 11.6. The van der Waals surface area contributed by atoms with E-state index in [0.29, 0.717) is 30.5 Å². The van der Waals surface area contributed by atoms with E-state index in [0.717, 1.165) is 5.92 Å². The molecule has 2 bridgehead atoms. The fourth-order valence-electron chi connectivity index (χ4n) is 3.77. The molecule has 3 fully saturated rings. The number of piperidine rings is 1. The van der Waals surface area contributed by atoms with Crippen LogP contribution in [0.3, 0.4) is 0 Å². The average molecular weight is 195 g/mol. The number of carbonyl (C=O) groups is 1. The molecule has 78 valence electrons. The summed E-state index contributed by atoms with van der Waals surface area (Å²) in [6.07, 6.45) is 1.28. The molecule has 3 nitrogen and oxygen atoms in total. The SMILES string of the molecule is CCOC(=O)C1C2C3CC(C(C)N3)C12. The van der Waals surface area contributed by atoms with E-state index in [1.54, 1.807) is 0 Å². The maximum absolute atomic E-state index is 11.6. The molecular weight excluding hydrogens is 178 g/mol. The number of fused-ring (bicyclic) bond motifs is 5. The summed E-state index contributed by atoms with van der Waals surface area (Å²) in [7, 11) is 0. The smallest absolute Gasteiger partial charge is 0.309 e. The molecule has 3 rings (SSSR count). The lowest BCUT2D eigenvalue weighted by Crippen LogP contribution is -2.34. The van der Waals surface area contributed by atoms with Crippen LogP contribution in [-0.4, -0.2) is 24.7 Å². The number of carbonyl (C=O) groups excluding carboxylic acids is 1. The molecule has 6 unspecified atom stereocenters. The van der Waals surface area contributed by atoms with Crippen LogP contribution in [-0.2, 0) is 9.53 Å². The summed E-state index contributed by atoms with van der Waals surface area (Å²) in [5, 5.41) is 3.56. The van der Waals surface area contributed by atoms with Crippen LogP contribution in [0.5, 0.6) is 0 Å². The molecule has 0 aromatic carbocycles. The second-order valence-corrected chi connectivity index (χ2v) is 4.89. The van der Waals surface area contributed by atoms with E-state index < -0.39 is 0 Å². The lowest BCUT2D eigenvalue weighted by molar-refractivity contribution is -0.145. The van der Waals surface area contributed by atoms with Crippen molar-refractivity contribution in [2.24, 2.45) is 23.7 Å². The zero-order chi connectivity index (χ0) is 9.87. The topological polar surface area (TPSA) is 38.3 Å². The monoisotopic (exact) mass is 195 g/mol. The minimum Gasteiger partial charge on any atom is -0.466 e. The van der Waals surface area contributed by atoms with Crippen molar-refractivity contribution in [3.05, 3.63) is 0 Å². The predicted octanol–water partition coefficient (Wildman–Crippen LogP) is 0.792. The number of esters is 1. The van der Waals surface area contributed by atoms with Gasteiger partial charge < -0.3 is 10.1 Å². The number of rotatable bonds is 2. The highest BCUT2D eigenvalue weighted by Crippen LogP contribution is 2.64. The van der Waals surface area contributed by atoms with Gasteiger partial charge >= 0.3 is 5.97 Å². The van der Waals surface area contributed by atoms with Gasteiger partial charge in [-0.15, -0.1) is 0 Å². The highest BCUT2D eigenvalue weighted by atomic mass is 16.5. The maximum atomic E-state index is 11.6. The Kier molecular flexibility index (Phi) is 1.69. The molecule has 2 saturated carbocycles. The number of hydrogen-bond acceptors (Lipinski definition) is 3. The van der Waals surface area contributed by atoms with Crippen molar-refractivity contribution in [2.45, 2.75) is 32.4 Å². The summed E-state index contributed by atoms with van der Waals surface area (Å²) < 4.78 is 5.10. The van der Waals surface area contributed by atoms with Gasteiger partial charge in [-0.05, 0) is 38.0 Å². The van der Waals surface area contributed by atoms with E-state index in [1.807, 2.05) is 6.92 Å². The Labute approximate surface area is 84.2 Å². The van der Waals surface area contributed by atoms with Crippen LogP contribution in [0.4, 0.5) is 0 Å². The van der Waals surface area contributed by atoms with Gasteiger partial charge in [-0.2, -0.15) is 0 Å². The minimum atomic E-state index is 0.0492. The molecule has 0 amide bonds. The first-order chi connectivity index (χ1) is 6.74. The van der Waals surface area contributed by atoms with Gasteiger partial charge in [0.25, 0.3) is 0 Å². The van der Waals surface area contributed by atoms with E-state index in [4.69, 9.17) is 4.74 Å². The molecule has 3 heteroatoms. The first-order valence-corrected chi connectivity index (χ1v) is 5.66. The van der Waals surface area contributed by atoms with Crippen molar-refractivity contribution < 1.29 is 9.53 Å². The summed E-state index contributed by atoms with van der Waals surface area (Å²) in [5.74, 6) is 2.27. The second kappa shape index (κ2) is 2.72. The van der Waals surface area contributed by atoms with E-state index in [9.17, 15) is 4.79 Å². The van der Waals surface area contributed by atoms with Gasteiger partial charge in [0.1, 0.15) is 0 Å². The van der Waals surface area contributed by atoms with Gasteiger partial charge in [-0.1, -0.05) is 0 Å². The van der Waals surface area contributed by atoms with Gasteiger partial charge in [0.05, 0.1) is 12.5 Å². The quantitative estimate of drug-likeness (QED) is 0.662. The number of ether oxygens (including phenoxy) is 1. The molecule has 1 saturated heterocycles. The minimum absolute atomic E-state index is 0.0492. The molecule has 0 spiro atoms. The molecule has 6 atom stereocenters. The van der Waals surface area contributed by atoms with Crippen LogP contribution in [0.25, 0.3) is 0 Å². The predicted molar refractivity (Wildman–Crippen MR) is 51.6 cm³/mol. The number of nitrogens with one attached hydrogen (secondary N) is 1. The average Bonchev–Trinajstić information content (AvgIpc) is 2.66. The highest BCUT2D eigenvalue weighted by Gasteiger charge is 2.70. The Hall–Kier alpha value is -0.570. The summed E-state index contributed by atoms with van der Waals surface area (Å²) in [5.41, 5.74) is 0. The summed E-state index contributed by atoms with van der Waals surface area (Å²) >= 11 is 0. The lowest BCUT2D eigenvalue weighted by Gasteiger charge is -2.17. The van der Waals surface area contributed by atoms with Crippen LogP contribution < -0.4 is 5.32 Å². The van der Waals surface area contributed by atoms with Gasteiger partial charge in [0.2, 0.25) is 0 Å². The summed E-state index contributed by atoms with van der Waals surface area (Å²) in [6.45, 7) is 4.64. The maximum Gasteiger partial charge on any atom is 0.309 e. The molecule has 1 aliphatic heterocycles. The van der Waals surface area contributed by atoms with Crippen LogP contribution in [0.1, 0.15) is 20.3 Å². The molecule has 14 heavy (non-hydrogen) atoms. The van der Waals surface area contributed by atoms with Crippen molar-refractivity contribution in [1.82, 2.24) is 5.32 Å². The highest BCUT2D eigenvalue weighted by molar-refractivity contribution is 5.77. The third kappa shape index (κ3) is 0.937. The largest absolute Gasteiger partial charge is 0.466 e. The van der Waals surface area contributed by atoms with Gasteiger partial charge in [-0.25, -0.2) is 0 Å². The fraction of sp³-hybridized carbons (Fsp3) is 0.909. The first-order valence-electron chi connectivity index (χ1n) is 5.66. The van der Waals surface area contributed by atoms with Crippen LogP contribution in [0, 0.1) is 23.7 Å². The van der Waals surface area contributed by atoms with Crippen molar-refractivity contribution in [3.63, 3.8) is 0 Å². The standard InChI is InChI=1S/C11H17NO2/c1-3-14-11(13)10-8-6-4-7(9(8)10)12-5(6)2/h5-10,12H,3-4H2,1-2H3. The third-order valence-electron chi connectivity index (χ3n) is 4.30. The molecule has 0 aromatic heterocycles. The van der Waals surface area contributed by atoms with Gasteiger partial charge in [0, 0.05) is 12.1 Å². The third-order valence-corrected chi connectivity index (χ3v) is 4.30. The van der Waals surface area contributed by atoms with Gasteiger partial charge in [-0.3, -0.25) is 4.79 Å². The molecule has 0 radical (unpaired) electrons. The van der Waals surface area contributed by atoms with Crippen LogP contribution in [0.15, 0.2) is 0 Å². The van der Waals surface area contributed by atoms with Crippen molar-refractivity contribution in [1.29, 1.82) is 0 Å². The molecule has 1 heterocycles. The Morgan fingerprint density at radius 1 is 1.50 bits per heavy atom. The molecule has 3 aliphatic rings. The van der Waals surface area contributed by atoms with Crippen LogP contribution in [0.2, 0.25) is 0 Å². The molecule has 2 aliphatic carbocycles. The van der Waals surface area contributed by atoms with E-state index in [1.165, 1.54) is 6.42 Å². The Morgan fingerprint density at radius 2 is 2.29 bits per heavy atom. The lowest BCUT2D eigenvalue weighted by atomic mass is 9.96. The second-order valence-electron chi connectivity index (χ2n) is 4.89. The molecule has 1 N–H and O–H groups in total. The van der Waals surface area contributed by atoms with Crippen molar-refractivity contribution >= 4 is 5.97 Å². The van der Waals surface area contributed by atoms with Crippen LogP contribution >= 0.6 is 0 Å². The Bertz CT molecular complexity index is 276. The van der Waals surface area contributed by atoms with Crippen molar-refractivity contribution in [3.8, 4) is 0 Å². The number of hydrogen-bond donors (Lipinski definition) is 1. The Morgan fingerprint density at radius 3 is 2.93 bits per heavy atom. The van der Waals surface area contributed by atoms with E-state index in [-0.39, 0.29) is 11.9 Å². The van der Waals surface area contributed by atoms with Gasteiger partial charge in [0.15, 0.2) is 0 Å². The fourth-order valence-corrected chi connectivity index (χ4v) is 3.77. The zero-order valence-corrected chi connectivity index (χ0v) is 8.69. The zero-order valence-electron chi connectivity index (χ0n) is 8.69. The first kappa shape index (κ1) is 8.72. The Balaban J connectivity index is 1.70.